The van der Waals surface area contributed by atoms with Crippen LogP contribution in [0.3, 0.4) is 0 Å². The van der Waals surface area contributed by atoms with Gasteiger partial charge in [-0.15, -0.1) is 0 Å². The highest BCUT2D eigenvalue weighted by atomic mass is 16.4. The summed E-state index contributed by atoms with van der Waals surface area (Å²) in [5.74, 6) is 0.697. The number of hydrogen-bond donors (Lipinski definition) is 2. The highest BCUT2D eigenvalue weighted by Crippen LogP contribution is 2.21. The second-order valence-electron chi connectivity index (χ2n) is 6.47. The molecule has 1 heterocycles. The fraction of sp³-hybridized carbons (Fsp3) is 0.875. The van der Waals surface area contributed by atoms with E-state index < -0.39 is 5.97 Å². The van der Waals surface area contributed by atoms with Crippen LogP contribution in [0.2, 0.25) is 0 Å². The average molecular weight is 298 g/mol. The van der Waals surface area contributed by atoms with Crippen LogP contribution in [0.1, 0.15) is 52.9 Å². The van der Waals surface area contributed by atoms with Gasteiger partial charge in [0, 0.05) is 26.1 Å². The Morgan fingerprint density at radius 3 is 2.57 bits per heavy atom. The van der Waals surface area contributed by atoms with Crippen LogP contribution in [0.5, 0.6) is 0 Å². The Bertz CT molecular complexity index is 344. The molecule has 0 aliphatic carbocycles. The number of hydrogen-bond acceptors (Lipinski definition) is 2. The van der Waals surface area contributed by atoms with E-state index in [0.717, 1.165) is 32.4 Å². The summed E-state index contributed by atoms with van der Waals surface area (Å²) < 4.78 is 0. The molecule has 0 aromatic rings. The summed E-state index contributed by atoms with van der Waals surface area (Å²) in [6, 6.07) is 0.0340. The number of aliphatic carboxylic acids is 1. The van der Waals surface area contributed by atoms with Crippen molar-refractivity contribution in [2.24, 2.45) is 17.8 Å². The molecule has 0 saturated carbocycles. The van der Waals surface area contributed by atoms with Crippen LogP contribution in [-0.4, -0.2) is 41.6 Å². The van der Waals surface area contributed by atoms with Crippen molar-refractivity contribution >= 4 is 12.0 Å². The Morgan fingerprint density at radius 2 is 2.05 bits per heavy atom. The van der Waals surface area contributed by atoms with Gasteiger partial charge in [0.05, 0.1) is 0 Å². The van der Waals surface area contributed by atoms with Crippen molar-refractivity contribution in [3.8, 4) is 0 Å². The minimum Gasteiger partial charge on any atom is -0.481 e. The lowest BCUT2D eigenvalue weighted by Crippen LogP contribution is -2.39. The monoisotopic (exact) mass is 298 g/mol. The first-order valence-electron chi connectivity index (χ1n) is 8.18. The van der Waals surface area contributed by atoms with Crippen molar-refractivity contribution in [2.45, 2.75) is 52.9 Å². The van der Waals surface area contributed by atoms with E-state index in [1.54, 1.807) is 0 Å². The molecule has 1 rings (SSSR count). The third-order valence-corrected chi connectivity index (χ3v) is 4.61. The summed E-state index contributed by atoms with van der Waals surface area (Å²) in [6.45, 7) is 8.75. The van der Waals surface area contributed by atoms with E-state index in [1.807, 2.05) is 4.90 Å². The van der Waals surface area contributed by atoms with Gasteiger partial charge < -0.3 is 15.3 Å². The van der Waals surface area contributed by atoms with Crippen molar-refractivity contribution in [3.63, 3.8) is 0 Å². The average Bonchev–Trinajstić information content (AvgIpc) is 2.90. The smallest absolute Gasteiger partial charge is 0.317 e. The molecule has 0 spiro atoms. The summed E-state index contributed by atoms with van der Waals surface area (Å²) >= 11 is 0. The summed E-state index contributed by atoms with van der Waals surface area (Å²) in [7, 11) is 0. The molecule has 1 fully saturated rings. The first-order valence-corrected chi connectivity index (χ1v) is 8.18. The molecule has 5 nitrogen and oxygen atoms in total. The lowest BCUT2D eigenvalue weighted by atomic mass is 9.88. The second kappa shape index (κ2) is 8.90. The molecule has 21 heavy (non-hydrogen) atoms. The number of carboxylic acids is 1. The Hall–Kier alpha value is -1.26. The molecule has 0 bridgehead atoms. The van der Waals surface area contributed by atoms with Gasteiger partial charge in [-0.1, -0.05) is 27.2 Å². The minimum absolute atomic E-state index is 0.0340. The van der Waals surface area contributed by atoms with Gasteiger partial charge >= 0.3 is 12.0 Å². The molecule has 2 unspecified atom stereocenters. The molecule has 0 aromatic heterocycles. The molecule has 0 aromatic carbocycles. The van der Waals surface area contributed by atoms with E-state index in [9.17, 15) is 9.59 Å². The van der Waals surface area contributed by atoms with Crippen molar-refractivity contribution in [1.29, 1.82) is 0 Å². The van der Waals surface area contributed by atoms with Gasteiger partial charge in [-0.25, -0.2) is 4.79 Å². The van der Waals surface area contributed by atoms with Crippen molar-refractivity contribution < 1.29 is 14.7 Å². The van der Waals surface area contributed by atoms with Gasteiger partial charge in [0.15, 0.2) is 0 Å². The van der Waals surface area contributed by atoms with Crippen LogP contribution in [0.25, 0.3) is 0 Å². The predicted octanol–water partition coefficient (Wildman–Crippen LogP) is 2.96. The fourth-order valence-electron chi connectivity index (χ4n) is 2.95. The first-order chi connectivity index (χ1) is 9.93. The maximum absolute atomic E-state index is 12.0. The van der Waals surface area contributed by atoms with Gasteiger partial charge in [-0.2, -0.15) is 0 Å². The lowest BCUT2D eigenvalue weighted by Gasteiger charge is -2.22. The molecule has 0 radical (unpaired) electrons. The number of likely N-dealkylation sites (tertiary alicyclic amines) is 1. The zero-order valence-electron chi connectivity index (χ0n) is 13.6. The van der Waals surface area contributed by atoms with E-state index in [1.165, 1.54) is 0 Å². The third kappa shape index (κ3) is 6.36. The number of carbonyl (C=O) groups excluding carboxylic acids is 1. The van der Waals surface area contributed by atoms with E-state index in [4.69, 9.17) is 5.11 Å². The van der Waals surface area contributed by atoms with Crippen LogP contribution < -0.4 is 5.32 Å². The quantitative estimate of drug-likeness (QED) is 0.724. The summed E-state index contributed by atoms with van der Waals surface area (Å²) in [4.78, 5) is 24.6. The van der Waals surface area contributed by atoms with E-state index in [0.29, 0.717) is 30.7 Å². The molecule has 5 heteroatoms. The van der Waals surface area contributed by atoms with Gasteiger partial charge in [0.2, 0.25) is 0 Å². The Morgan fingerprint density at radius 1 is 1.33 bits per heavy atom. The van der Waals surface area contributed by atoms with Crippen LogP contribution in [0, 0.1) is 17.8 Å². The maximum Gasteiger partial charge on any atom is 0.317 e. The van der Waals surface area contributed by atoms with Crippen LogP contribution in [0.15, 0.2) is 0 Å². The summed E-state index contributed by atoms with van der Waals surface area (Å²) in [5, 5.41) is 11.8. The van der Waals surface area contributed by atoms with Gasteiger partial charge in [-0.3, -0.25) is 4.79 Å². The van der Waals surface area contributed by atoms with Crippen LogP contribution in [-0.2, 0) is 4.79 Å². The fourth-order valence-corrected chi connectivity index (χ4v) is 2.95. The minimum atomic E-state index is -0.743. The summed E-state index contributed by atoms with van der Waals surface area (Å²) in [6.07, 6.45) is 3.98. The molecule has 1 saturated heterocycles. The third-order valence-electron chi connectivity index (χ3n) is 4.61. The molecule has 1 aliphatic heterocycles. The number of rotatable bonds is 8. The number of nitrogens with zero attached hydrogens (tertiary/aromatic N) is 1. The maximum atomic E-state index is 12.0. The van der Waals surface area contributed by atoms with Crippen molar-refractivity contribution in [3.05, 3.63) is 0 Å². The Labute approximate surface area is 128 Å². The number of amides is 2. The molecule has 2 N–H and O–H groups in total. The number of urea groups is 1. The van der Waals surface area contributed by atoms with Crippen molar-refractivity contribution in [2.75, 3.05) is 19.6 Å². The number of nitrogens with one attached hydrogen (secondary N) is 1. The largest absolute Gasteiger partial charge is 0.481 e. The first kappa shape index (κ1) is 17.8. The van der Waals surface area contributed by atoms with E-state index in [2.05, 4.69) is 26.1 Å². The zero-order valence-corrected chi connectivity index (χ0v) is 13.6. The van der Waals surface area contributed by atoms with Gasteiger partial charge in [-0.05, 0) is 37.0 Å². The normalized spacial score (nSPS) is 19.8. The molecule has 2 atom stereocenters. The van der Waals surface area contributed by atoms with Gasteiger partial charge in [0.25, 0.3) is 0 Å². The predicted molar refractivity (Wildman–Crippen MR) is 83.2 cm³/mol. The van der Waals surface area contributed by atoms with Crippen LogP contribution in [0.4, 0.5) is 4.79 Å². The molecule has 1 aliphatic rings. The molecule has 2 amide bonds. The lowest BCUT2D eigenvalue weighted by molar-refractivity contribution is -0.137. The van der Waals surface area contributed by atoms with Crippen molar-refractivity contribution in [1.82, 2.24) is 10.2 Å². The topological polar surface area (TPSA) is 69.6 Å². The number of carboxylic acid groups (broad SMARTS) is 1. The van der Waals surface area contributed by atoms with Gasteiger partial charge in [0.1, 0.15) is 0 Å². The van der Waals surface area contributed by atoms with Crippen LogP contribution >= 0.6 is 0 Å². The highest BCUT2D eigenvalue weighted by molar-refractivity contribution is 5.74. The van der Waals surface area contributed by atoms with E-state index >= 15 is 0 Å². The SMILES string of the molecule is CCC1CCN(C(=O)NCCC(CCC(=O)O)C(C)C)C1. The molecule has 122 valence electrons. The number of carbonyl (C=O) groups is 2. The summed E-state index contributed by atoms with van der Waals surface area (Å²) in [5.41, 5.74) is 0. The molecular formula is C16H30N2O3. The Kier molecular flexibility index (Phi) is 7.54. The Balaban J connectivity index is 2.26. The standard InChI is InChI=1S/C16H30N2O3/c1-4-13-8-10-18(11-13)16(21)17-9-7-14(12(2)3)5-6-15(19)20/h12-14H,4-11H2,1-3H3,(H,17,21)(H,19,20). The second-order valence-corrected chi connectivity index (χ2v) is 6.47. The molecular weight excluding hydrogens is 268 g/mol. The van der Waals surface area contributed by atoms with E-state index in [-0.39, 0.29) is 12.5 Å². The zero-order chi connectivity index (χ0) is 15.8. The highest BCUT2D eigenvalue weighted by Gasteiger charge is 2.24.